The summed E-state index contributed by atoms with van der Waals surface area (Å²) in [4.78, 5) is 34.9. The SMILES string of the molecule is CCCC(=O)OC(=O)Nc1ccc(C(=O)Oc2cc(Cl)cc(Cl)c2)cc1. The van der Waals surface area contributed by atoms with Crippen molar-refractivity contribution in [3.8, 4) is 5.75 Å². The number of amides is 1. The molecule has 26 heavy (non-hydrogen) atoms. The number of carbonyl (C=O) groups excluding carboxylic acids is 3. The summed E-state index contributed by atoms with van der Waals surface area (Å²) in [5.74, 6) is -1.01. The van der Waals surface area contributed by atoms with Crippen molar-refractivity contribution >= 4 is 46.9 Å². The molecule has 6 nitrogen and oxygen atoms in total. The fourth-order valence-corrected chi connectivity index (χ4v) is 2.45. The van der Waals surface area contributed by atoms with Crippen LogP contribution in [0.1, 0.15) is 30.1 Å². The molecule has 0 saturated carbocycles. The van der Waals surface area contributed by atoms with Crippen LogP contribution in [0.5, 0.6) is 5.75 Å². The second kappa shape index (κ2) is 9.22. The Morgan fingerprint density at radius 1 is 1.00 bits per heavy atom. The van der Waals surface area contributed by atoms with Crippen LogP contribution in [-0.4, -0.2) is 18.0 Å². The molecule has 0 spiro atoms. The third-order valence-corrected chi connectivity index (χ3v) is 3.51. The van der Waals surface area contributed by atoms with Gasteiger partial charge < -0.3 is 9.47 Å². The minimum absolute atomic E-state index is 0.158. The van der Waals surface area contributed by atoms with Crippen LogP contribution in [0.3, 0.4) is 0 Å². The number of ether oxygens (including phenoxy) is 2. The summed E-state index contributed by atoms with van der Waals surface area (Å²) in [5, 5.41) is 3.08. The fraction of sp³-hybridized carbons (Fsp3) is 0.167. The van der Waals surface area contributed by atoms with E-state index in [0.29, 0.717) is 22.2 Å². The topological polar surface area (TPSA) is 81.7 Å². The second-order valence-electron chi connectivity index (χ2n) is 5.21. The number of hydrogen-bond acceptors (Lipinski definition) is 5. The smallest absolute Gasteiger partial charge is 0.419 e. The van der Waals surface area contributed by atoms with Crippen LogP contribution in [0.4, 0.5) is 10.5 Å². The summed E-state index contributed by atoms with van der Waals surface area (Å²) in [7, 11) is 0. The van der Waals surface area contributed by atoms with Gasteiger partial charge in [-0.1, -0.05) is 30.1 Å². The van der Waals surface area contributed by atoms with Gasteiger partial charge in [-0.25, -0.2) is 9.59 Å². The lowest BCUT2D eigenvalue weighted by molar-refractivity contribution is -0.136. The van der Waals surface area contributed by atoms with Gasteiger partial charge in [-0.3, -0.25) is 10.1 Å². The molecule has 0 fully saturated rings. The lowest BCUT2D eigenvalue weighted by Gasteiger charge is -2.07. The lowest BCUT2D eigenvalue weighted by Crippen LogP contribution is -2.18. The number of anilines is 1. The molecular weight excluding hydrogens is 381 g/mol. The molecule has 1 amide bonds. The molecule has 0 aliphatic rings. The first kappa shape index (κ1) is 19.8. The highest BCUT2D eigenvalue weighted by Crippen LogP contribution is 2.25. The number of halogens is 2. The van der Waals surface area contributed by atoms with Crippen molar-refractivity contribution in [2.45, 2.75) is 19.8 Å². The Morgan fingerprint density at radius 3 is 2.19 bits per heavy atom. The largest absolute Gasteiger partial charge is 0.423 e. The van der Waals surface area contributed by atoms with Gasteiger partial charge >= 0.3 is 18.0 Å². The van der Waals surface area contributed by atoms with Gasteiger partial charge in [0.05, 0.1) is 5.56 Å². The average molecular weight is 396 g/mol. The third-order valence-electron chi connectivity index (χ3n) is 3.07. The maximum Gasteiger partial charge on any atom is 0.419 e. The first-order valence-corrected chi connectivity index (χ1v) is 8.43. The fourth-order valence-electron chi connectivity index (χ4n) is 1.94. The average Bonchev–Trinajstić information content (AvgIpc) is 2.54. The molecular formula is C18H15Cl2NO5. The molecule has 0 saturated heterocycles. The van der Waals surface area contributed by atoms with Gasteiger partial charge in [0.25, 0.3) is 0 Å². The monoisotopic (exact) mass is 395 g/mol. The summed E-state index contributed by atoms with van der Waals surface area (Å²) < 4.78 is 9.77. The molecule has 0 radical (unpaired) electrons. The van der Waals surface area contributed by atoms with Crippen molar-refractivity contribution in [3.05, 3.63) is 58.1 Å². The second-order valence-corrected chi connectivity index (χ2v) is 6.08. The van der Waals surface area contributed by atoms with Gasteiger partial charge in [0, 0.05) is 22.2 Å². The Kier molecular flexibility index (Phi) is 7.00. The Labute approximate surface area is 160 Å². The Morgan fingerprint density at radius 2 is 1.62 bits per heavy atom. The Hall–Kier alpha value is -2.57. The van der Waals surface area contributed by atoms with Crippen LogP contribution < -0.4 is 10.1 Å². The minimum Gasteiger partial charge on any atom is -0.423 e. The minimum atomic E-state index is -0.882. The highest BCUT2D eigenvalue weighted by atomic mass is 35.5. The summed E-state index contributed by atoms with van der Waals surface area (Å²) in [6.45, 7) is 1.80. The van der Waals surface area contributed by atoms with E-state index in [-0.39, 0.29) is 17.7 Å². The van der Waals surface area contributed by atoms with E-state index >= 15 is 0 Å². The quantitative estimate of drug-likeness (QED) is 0.433. The van der Waals surface area contributed by atoms with Crippen LogP contribution >= 0.6 is 23.2 Å². The zero-order valence-corrected chi connectivity index (χ0v) is 15.3. The standard InChI is InChI=1S/C18H15Cl2NO5/c1-2-3-16(22)26-18(24)21-14-6-4-11(5-7-14)17(23)25-15-9-12(19)8-13(20)10-15/h4-10H,2-3H2,1H3,(H,21,24). The van der Waals surface area contributed by atoms with Gasteiger partial charge in [0.15, 0.2) is 0 Å². The van der Waals surface area contributed by atoms with Crippen LogP contribution in [-0.2, 0) is 9.53 Å². The van der Waals surface area contributed by atoms with E-state index in [9.17, 15) is 14.4 Å². The highest BCUT2D eigenvalue weighted by Gasteiger charge is 2.12. The molecule has 0 aliphatic heterocycles. The molecule has 1 N–H and O–H groups in total. The normalized spacial score (nSPS) is 10.1. The summed E-state index contributed by atoms with van der Waals surface area (Å²) in [6, 6.07) is 10.3. The Balaban J connectivity index is 1.96. The molecule has 0 atom stereocenters. The molecule has 0 aliphatic carbocycles. The van der Waals surface area contributed by atoms with Crippen molar-refractivity contribution < 1.29 is 23.9 Å². The third kappa shape index (κ3) is 6.06. The molecule has 0 bridgehead atoms. The molecule has 8 heteroatoms. The van der Waals surface area contributed by atoms with E-state index in [1.54, 1.807) is 6.92 Å². The van der Waals surface area contributed by atoms with E-state index in [1.807, 2.05) is 0 Å². The number of carbonyl (C=O) groups is 3. The summed E-state index contributed by atoms with van der Waals surface area (Å²) >= 11 is 11.7. The number of benzene rings is 2. The van der Waals surface area contributed by atoms with E-state index < -0.39 is 18.0 Å². The van der Waals surface area contributed by atoms with Crippen LogP contribution in [0.2, 0.25) is 10.0 Å². The van der Waals surface area contributed by atoms with E-state index in [2.05, 4.69) is 10.1 Å². The number of rotatable bonds is 5. The zero-order valence-electron chi connectivity index (χ0n) is 13.8. The molecule has 2 aromatic carbocycles. The Bertz CT molecular complexity index is 801. The summed E-state index contributed by atoms with van der Waals surface area (Å²) in [6.07, 6.45) is -0.140. The van der Waals surface area contributed by atoms with Crippen LogP contribution in [0, 0.1) is 0 Å². The van der Waals surface area contributed by atoms with Crippen molar-refractivity contribution in [3.63, 3.8) is 0 Å². The van der Waals surface area contributed by atoms with Gasteiger partial charge in [-0.2, -0.15) is 0 Å². The molecule has 136 valence electrons. The number of hydrogen-bond donors (Lipinski definition) is 1. The van der Waals surface area contributed by atoms with Gasteiger partial charge in [0.2, 0.25) is 0 Å². The predicted octanol–water partition coefficient (Wildman–Crippen LogP) is 5.09. The zero-order chi connectivity index (χ0) is 19.1. The van der Waals surface area contributed by atoms with Crippen LogP contribution in [0.25, 0.3) is 0 Å². The lowest BCUT2D eigenvalue weighted by atomic mass is 10.2. The first-order chi connectivity index (χ1) is 12.4. The van der Waals surface area contributed by atoms with Crippen molar-refractivity contribution in [1.82, 2.24) is 0 Å². The van der Waals surface area contributed by atoms with Gasteiger partial charge in [0.1, 0.15) is 5.75 Å². The first-order valence-electron chi connectivity index (χ1n) is 7.67. The maximum atomic E-state index is 12.1. The van der Waals surface area contributed by atoms with Crippen molar-refractivity contribution in [2.24, 2.45) is 0 Å². The molecule has 0 aromatic heterocycles. The number of esters is 2. The van der Waals surface area contributed by atoms with E-state index in [4.69, 9.17) is 27.9 Å². The molecule has 0 unspecified atom stereocenters. The van der Waals surface area contributed by atoms with Crippen molar-refractivity contribution in [2.75, 3.05) is 5.32 Å². The summed E-state index contributed by atoms with van der Waals surface area (Å²) in [5.41, 5.74) is 0.615. The highest BCUT2D eigenvalue weighted by molar-refractivity contribution is 6.34. The van der Waals surface area contributed by atoms with E-state index in [1.165, 1.54) is 42.5 Å². The van der Waals surface area contributed by atoms with Crippen LogP contribution in [0.15, 0.2) is 42.5 Å². The predicted molar refractivity (Wildman–Crippen MR) is 97.9 cm³/mol. The van der Waals surface area contributed by atoms with Gasteiger partial charge in [-0.05, 0) is 48.9 Å². The molecule has 2 rings (SSSR count). The maximum absolute atomic E-state index is 12.1. The number of nitrogens with one attached hydrogen (secondary N) is 1. The van der Waals surface area contributed by atoms with Crippen molar-refractivity contribution in [1.29, 1.82) is 0 Å². The van der Waals surface area contributed by atoms with E-state index in [0.717, 1.165) is 0 Å². The van der Waals surface area contributed by atoms with Gasteiger partial charge in [-0.15, -0.1) is 0 Å². The molecule has 2 aromatic rings. The molecule has 0 heterocycles.